The summed E-state index contributed by atoms with van der Waals surface area (Å²) in [5.74, 6) is -0.653. The molecule has 0 bridgehead atoms. The van der Waals surface area contributed by atoms with Gasteiger partial charge in [-0.3, -0.25) is 4.79 Å². The molecule has 0 aliphatic carbocycles. The zero-order valence-electron chi connectivity index (χ0n) is 14.7. The maximum absolute atomic E-state index is 10.3. The lowest BCUT2D eigenvalue weighted by Gasteiger charge is -2.03. The van der Waals surface area contributed by atoms with Gasteiger partial charge in [0.1, 0.15) is 0 Å². The number of carbonyl (C=O) groups is 1. The van der Waals surface area contributed by atoms with Crippen LogP contribution in [-0.4, -0.2) is 11.1 Å². The summed E-state index contributed by atoms with van der Waals surface area (Å²) in [4.78, 5) is 10.3. The fourth-order valence-corrected chi connectivity index (χ4v) is 2.65. The fourth-order valence-electron chi connectivity index (χ4n) is 2.65. The molecule has 5 N–H and O–H groups in total. The van der Waals surface area contributed by atoms with Crippen molar-refractivity contribution < 1.29 is 9.90 Å². The Morgan fingerprint density at radius 3 is 1.19 bits per heavy atom. The summed E-state index contributed by atoms with van der Waals surface area (Å²) < 4.78 is 0. The van der Waals surface area contributed by atoms with Gasteiger partial charge >= 0.3 is 5.97 Å². The van der Waals surface area contributed by atoms with Crippen LogP contribution in [0.2, 0.25) is 0 Å². The Morgan fingerprint density at radius 1 is 0.619 bits per heavy atom. The van der Waals surface area contributed by atoms with Crippen LogP contribution in [0.5, 0.6) is 0 Å². The third-order valence-electron chi connectivity index (χ3n) is 3.99. The molecule has 0 aliphatic heterocycles. The highest BCUT2D eigenvalue weighted by Gasteiger charge is 1.97. The van der Waals surface area contributed by atoms with E-state index in [-0.39, 0.29) is 6.15 Å². The molecule has 0 saturated carbocycles. The second-order valence-corrected chi connectivity index (χ2v) is 6.09. The van der Waals surface area contributed by atoms with Gasteiger partial charge in [-0.1, -0.05) is 96.8 Å². The molecule has 0 radical (unpaired) electrons. The van der Waals surface area contributed by atoms with Crippen LogP contribution in [0.4, 0.5) is 0 Å². The van der Waals surface area contributed by atoms with Gasteiger partial charge in [0, 0.05) is 6.42 Å². The second-order valence-electron chi connectivity index (χ2n) is 6.09. The van der Waals surface area contributed by atoms with E-state index in [0.717, 1.165) is 12.8 Å². The first-order chi connectivity index (χ1) is 9.77. The van der Waals surface area contributed by atoms with E-state index in [2.05, 4.69) is 6.92 Å². The quantitative estimate of drug-likeness (QED) is 0.311. The Hall–Kier alpha value is -0.570. The van der Waals surface area contributed by atoms with E-state index < -0.39 is 5.97 Å². The van der Waals surface area contributed by atoms with Crippen molar-refractivity contribution in [2.45, 2.75) is 110 Å². The summed E-state index contributed by atoms with van der Waals surface area (Å²) in [6.45, 7) is 2.27. The van der Waals surface area contributed by atoms with Crippen molar-refractivity contribution >= 4 is 5.97 Å². The Bertz CT molecular complexity index is 207. The molecule has 0 atom stereocenters. The van der Waals surface area contributed by atoms with E-state index in [1.807, 2.05) is 0 Å². The van der Waals surface area contributed by atoms with Gasteiger partial charge in [0.15, 0.2) is 0 Å². The third kappa shape index (κ3) is 21.9. The van der Waals surface area contributed by atoms with Crippen LogP contribution in [0, 0.1) is 0 Å². The molecule has 3 nitrogen and oxygen atoms in total. The molecule has 0 heterocycles. The molecule has 0 aromatic carbocycles. The maximum Gasteiger partial charge on any atom is 0.303 e. The maximum atomic E-state index is 10.3. The molecule has 0 aliphatic rings. The van der Waals surface area contributed by atoms with Crippen molar-refractivity contribution in [2.24, 2.45) is 0 Å². The predicted octanol–water partition coefficient (Wildman–Crippen LogP) is 6.71. The average Bonchev–Trinajstić information content (AvgIpc) is 2.43. The van der Waals surface area contributed by atoms with E-state index in [0.29, 0.717) is 6.42 Å². The van der Waals surface area contributed by atoms with Gasteiger partial charge in [-0.15, -0.1) is 0 Å². The molecule has 3 heteroatoms. The van der Waals surface area contributed by atoms with E-state index in [1.54, 1.807) is 0 Å². The van der Waals surface area contributed by atoms with Crippen LogP contribution < -0.4 is 6.15 Å². The van der Waals surface area contributed by atoms with Crippen molar-refractivity contribution in [3.63, 3.8) is 0 Å². The molecular weight excluding hydrogens is 262 g/mol. The molecule has 0 fully saturated rings. The lowest BCUT2D eigenvalue weighted by Crippen LogP contribution is -1.93. The Labute approximate surface area is 132 Å². The van der Waals surface area contributed by atoms with Crippen LogP contribution >= 0.6 is 0 Å². The SMILES string of the molecule is CCCCCCCCCCCCCCCCCC(=O)O.[NH4+]. The normalized spacial score (nSPS) is 10.3. The summed E-state index contributed by atoms with van der Waals surface area (Å²) in [7, 11) is 0. The number of carboxylic acids is 1. The van der Waals surface area contributed by atoms with Gasteiger partial charge in [-0.05, 0) is 6.42 Å². The summed E-state index contributed by atoms with van der Waals surface area (Å²) in [5, 5.41) is 8.52. The second kappa shape index (κ2) is 19.4. The Morgan fingerprint density at radius 2 is 0.905 bits per heavy atom. The minimum absolute atomic E-state index is 0. The van der Waals surface area contributed by atoms with Crippen LogP contribution in [0.1, 0.15) is 110 Å². The average molecular weight is 303 g/mol. The number of rotatable bonds is 16. The van der Waals surface area contributed by atoms with Crippen LogP contribution in [-0.2, 0) is 4.79 Å². The fraction of sp³-hybridized carbons (Fsp3) is 0.944. The van der Waals surface area contributed by atoms with E-state index in [9.17, 15) is 4.79 Å². The molecule has 128 valence electrons. The highest BCUT2D eigenvalue weighted by atomic mass is 16.4. The highest BCUT2D eigenvalue weighted by Crippen LogP contribution is 2.13. The largest absolute Gasteiger partial charge is 0.481 e. The summed E-state index contributed by atoms with van der Waals surface area (Å²) >= 11 is 0. The Kier molecular flexibility index (Phi) is 21.0. The zero-order valence-corrected chi connectivity index (χ0v) is 14.7. The van der Waals surface area contributed by atoms with Gasteiger partial charge in [0.25, 0.3) is 0 Å². The standard InChI is InChI=1S/C18H36O2.H3N/c1-2-3-4-5-6-7-8-9-10-11-12-13-14-15-16-17-18(19)20;/h2-17H2,1H3,(H,19,20);1H3/p+1. The molecule has 0 unspecified atom stereocenters. The summed E-state index contributed by atoms with van der Waals surface area (Å²) in [6, 6.07) is 0. The van der Waals surface area contributed by atoms with E-state index >= 15 is 0 Å². The number of unbranched alkanes of at least 4 members (excludes halogenated alkanes) is 14. The molecule has 0 aromatic heterocycles. The minimum Gasteiger partial charge on any atom is -0.481 e. The van der Waals surface area contributed by atoms with Crippen molar-refractivity contribution in [3.8, 4) is 0 Å². The van der Waals surface area contributed by atoms with Crippen LogP contribution in [0.15, 0.2) is 0 Å². The molecule has 0 rings (SSSR count). The molecule has 0 amide bonds. The van der Waals surface area contributed by atoms with Gasteiger partial charge in [-0.2, -0.15) is 0 Å². The van der Waals surface area contributed by atoms with E-state index in [1.165, 1.54) is 83.5 Å². The number of hydrogen-bond donors (Lipinski definition) is 2. The lowest BCUT2D eigenvalue weighted by atomic mass is 10.0. The number of quaternary nitrogens is 1. The van der Waals surface area contributed by atoms with Crippen molar-refractivity contribution in [2.75, 3.05) is 0 Å². The van der Waals surface area contributed by atoms with Crippen LogP contribution in [0.25, 0.3) is 0 Å². The number of carboxylic acid groups (broad SMARTS) is 1. The molecular formula is C18H40NO2+. The first-order valence-electron chi connectivity index (χ1n) is 8.99. The topological polar surface area (TPSA) is 73.8 Å². The lowest BCUT2D eigenvalue weighted by molar-refractivity contribution is -0.137. The summed E-state index contributed by atoms with van der Waals surface area (Å²) in [5.41, 5.74) is 0. The van der Waals surface area contributed by atoms with Crippen LogP contribution in [0.3, 0.4) is 0 Å². The van der Waals surface area contributed by atoms with Gasteiger partial charge in [0.05, 0.1) is 0 Å². The van der Waals surface area contributed by atoms with Crippen molar-refractivity contribution in [3.05, 3.63) is 0 Å². The first kappa shape index (κ1) is 22.7. The molecule has 0 saturated heterocycles. The zero-order chi connectivity index (χ0) is 14.9. The number of aliphatic carboxylic acids is 1. The molecule has 21 heavy (non-hydrogen) atoms. The van der Waals surface area contributed by atoms with Crippen molar-refractivity contribution in [1.82, 2.24) is 6.15 Å². The van der Waals surface area contributed by atoms with Gasteiger partial charge in [-0.25, -0.2) is 0 Å². The first-order valence-corrected chi connectivity index (χ1v) is 8.99. The van der Waals surface area contributed by atoms with Gasteiger partial charge in [0.2, 0.25) is 0 Å². The predicted molar refractivity (Wildman–Crippen MR) is 93.2 cm³/mol. The summed E-state index contributed by atoms with van der Waals surface area (Å²) in [6.07, 6.45) is 20.2. The van der Waals surface area contributed by atoms with Crippen molar-refractivity contribution in [1.29, 1.82) is 0 Å². The number of hydrogen-bond acceptors (Lipinski definition) is 1. The third-order valence-corrected chi connectivity index (χ3v) is 3.99. The minimum atomic E-state index is -0.653. The van der Waals surface area contributed by atoms with Gasteiger partial charge < -0.3 is 11.3 Å². The molecule has 0 aromatic rings. The smallest absolute Gasteiger partial charge is 0.303 e. The van der Waals surface area contributed by atoms with E-state index in [4.69, 9.17) is 5.11 Å². The molecule has 0 spiro atoms. The monoisotopic (exact) mass is 302 g/mol. The Balaban J connectivity index is 0. The highest BCUT2D eigenvalue weighted by molar-refractivity contribution is 5.66.